The molecule has 2 fully saturated rings. The summed E-state index contributed by atoms with van der Waals surface area (Å²) in [5.74, 6) is 0.786. The molecule has 2 aliphatic rings. The molecular weight excluding hydrogens is 294 g/mol. The molecule has 23 heavy (non-hydrogen) atoms. The van der Waals surface area contributed by atoms with E-state index in [1.165, 1.54) is 19.3 Å². The predicted molar refractivity (Wildman–Crippen MR) is 89.7 cm³/mol. The Bertz CT molecular complexity index is 556. The van der Waals surface area contributed by atoms with Crippen molar-refractivity contribution in [3.63, 3.8) is 0 Å². The lowest BCUT2D eigenvalue weighted by Gasteiger charge is -2.31. The smallest absolute Gasteiger partial charge is 0.193 e. The first-order valence-electron chi connectivity index (χ1n) is 8.22. The molecule has 1 aromatic carbocycles. The van der Waals surface area contributed by atoms with E-state index in [1.54, 1.807) is 7.11 Å². The Morgan fingerprint density at radius 1 is 1.39 bits per heavy atom. The van der Waals surface area contributed by atoms with Crippen LogP contribution in [0.3, 0.4) is 0 Å². The van der Waals surface area contributed by atoms with Crippen molar-refractivity contribution in [3.8, 4) is 5.75 Å². The van der Waals surface area contributed by atoms with Crippen molar-refractivity contribution in [2.24, 2.45) is 10.7 Å². The average molecular weight is 319 g/mol. The Labute approximate surface area is 137 Å². The van der Waals surface area contributed by atoms with Crippen LogP contribution in [0.2, 0.25) is 0 Å². The fourth-order valence-corrected chi connectivity index (χ4v) is 3.15. The van der Waals surface area contributed by atoms with Gasteiger partial charge in [-0.15, -0.1) is 0 Å². The second kappa shape index (κ2) is 7.19. The Balaban J connectivity index is 1.51. The molecule has 1 saturated heterocycles. The fraction of sp³-hybridized carbons (Fsp3) is 0.588. The first kappa shape index (κ1) is 16.1. The van der Waals surface area contributed by atoms with E-state index in [9.17, 15) is 0 Å². The maximum absolute atomic E-state index is 6.09. The summed E-state index contributed by atoms with van der Waals surface area (Å²) < 4.78 is 17.2. The summed E-state index contributed by atoms with van der Waals surface area (Å²) in [6, 6.07) is 7.56. The van der Waals surface area contributed by atoms with Crippen LogP contribution in [0.15, 0.2) is 29.3 Å². The molecule has 6 nitrogen and oxygen atoms in total. The molecule has 1 spiro atoms. The van der Waals surface area contributed by atoms with Crippen LogP contribution >= 0.6 is 0 Å². The van der Waals surface area contributed by atoms with E-state index in [4.69, 9.17) is 19.9 Å². The molecule has 6 heteroatoms. The van der Waals surface area contributed by atoms with Crippen molar-refractivity contribution in [2.75, 3.05) is 25.6 Å². The van der Waals surface area contributed by atoms with Gasteiger partial charge in [0.15, 0.2) is 11.7 Å². The number of nitrogens with one attached hydrogen (secondary N) is 1. The van der Waals surface area contributed by atoms with Gasteiger partial charge in [-0.1, -0.05) is 12.5 Å². The first-order chi connectivity index (χ1) is 11.2. The van der Waals surface area contributed by atoms with Gasteiger partial charge >= 0.3 is 0 Å². The second-order valence-electron chi connectivity index (χ2n) is 6.11. The Hall–Kier alpha value is -1.79. The number of anilines is 1. The molecule has 126 valence electrons. The summed E-state index contributed by atoms with van der Waals surface area (Å²) in [6.07, 6.45) is 5.59. The van der Waals surface area contributed by atoms with Gasteiger partial charge in [0, 0.05) is 24.6 Å². The topological polar surface area (TPSA) is 78.1 Å². The van der Waals surface area contributed by atoms with E-state index < -0.39 is 0 Å². The molecule has 3 N–H and O–H groups in total. The fourth-order valence-electron chi connectivity index (χ4n) is 3.15. The summed E-state index contributed by atoms with van der Waals surface area (Å²) in [5.41, 5.74) is 6.79. The molecule has 0 aromatic heterocycles. The molecule has 1 aromatic rings. The zero-order valence-electron chi connectivity index (χ0n) is 13.6. The van der Waals surface area contributed by atoms with Crippen molar-refractivity contribution >= 4 is 11.6 Å². The van der Waals surface area contributed by atoms with Crippen molar-refractivity contribution in [3.05, 3.63) is 24.3 Å². The zero-order chi connectivity index (χ0) is 16.1. The number of hydrogen-bond donors (Lipinski definition) is 2. The monoisotopic (exact) mass is 319 g/mol. The summed E-state index contributed by atoms with van der Waals surface area (Å²) in [6.45, 7) is 1.10. The van der Waals surface area contributed by atoms with Gasteiger partial charge < -0.3 is 25.3 Å². The van der Waals surface area contributed by atoms with Crippen LogP contribution < -0.4 is 15.8 Å². The highest BCUT2D eigenvalue weighted by molar-refractivity contribution is 5.92. The number of nitrogens with two attached hydrogens (primary N) is 1. The summed E-state index contributed by atoms with van der Waals surface area (Å²) >= 11 is 0. The van der Waals surface area contributed by atoms with E-state index in [2.05, 4.69) is 10.3 Å². The maximum atomic E-state index is 6.09. The molecule has 1 atom stereocenters. The lowest BCUT2D eigenvalue weighted by molar-refractivity contribution is -0.186. The van der Waals surface area contributed by atoms with E-state index in [0.717, 1.165) is 24.3 Å². The molecular formula is C17H25N3O3. The average Bonchev–Trinajstić information content (AvgIpc) is 2.96. The number of benzene rings is 1. The highest BCUT2D eigenvalue weighted by Gasteiger charge is 2.41. The van der Waals surface area contributed by atoms with Crippen LogP contribution in [0.1, 0.15) is 32.1 Å². The highest BCUT2D eigenvalue weighted by Crippen LogP contribution is 2.37. The minimum absolute atomic E-state index is 0.0150. The third kappa shape index (κ3) is 4.14. The molecule has 3 rings (SSSR count). The van der Waals surface area contributed by atoms with Gasteiger partial charge in [0.25, 0.3) is 0 Å². The summed E-state index contributed by atoms with van der Waals surface area (Å²) in [5, 5.41) is 3.06. The molecule has 1 aliphatic carbocycles. The molecule has 1 unspecified atom stereocenters. The number of aliphatic imine (C=N–C) groups is 1. The van der Waals surface area contributed by atoms with Gasteiger partial charge in [-0.3, -0.25) is 4.99 Å². The quantitative estimate of drug-likeness (QED) is 0.658. The number of hydrogen-bond acceptors (Lipinski definition) is 4. The Morgan fingerprint density at radius 2 is 2.22 bits per heavy atom. The van der Waals surface area contributed by atoms with Gasteiger partial charge in [-0.2, -0.15) is 0 Å². The minimum atomic E-state index is -0.354. The molecule has 0 amide bonds. The van der Waals surface area contributed by atoms with Gasteiger partial charge in [0.1, 0.15) is 11.9 Å². The number of guanidine groups is 1. The number of nitrogens with zero attached hydrogens (tertiary/aromatic N) is 1. The molecule has 0 bridgehead atoms. The van der Waals surface area contributed by atoms with Gasteiger partial charge in [-0.05, 0) is 25.0 Å². The van der Waals surface area contributed by atoms with E-state index >= 15 is 0 Å². The normalized spacial score (nSPS) is 23.9. The lowest BCUT2D eigenvalue weighted by atomic mass is 9.94. The SMILES string of the molecule is COc1cccc(NC(N)=NCC2COC3(CCCCC3)O2)c1. The van der Waals surface area contributed by atoms with E-state index in [0.29, 0.717) is 19.1 Å². The predicted octanol–water partition coefficient (Wildman–Crippen LogP) is 2.50. The van der Waals surface area contributed by atoms with Crippen LogP contribution in [0.5, 0.6) is 5.75 Å². The van der Waals surface area contributed by atoms with Crippen LogP contribution in [0.25, 0.3) is 0 Å². The number of rotatable bonds is 4. The van der Waals surface area contributed by atoms with E-state index in [1.807, 2.05) is 24.3 Å². The Morgan fingerprint density at radius 3 is 3.00 bits per heavy atom. The van der Waals surface area contributed by atoms with Crippen LogP contribution in [0.4, 0.5) is 5.69 Å². The lowest BCUT2D eigenvalue weighted by Crippen LogP contribution is -2.34. The minimum Gasteiger partial charge on any atom is -0.497 e. The number of methoxy groups -OCH3 is 1. The third-order valence-corrected chi connectivity index (χ3v) is 4.34. The van der Waals surface area contributed by atoms with Gasteiger partial charge in [-0.25, -0.2) is 0 Å². The molecule has 1 heterocycles. The maximum Gasteiger partial charge on any atom is 0.193 e. The van der Waals surface area contributed by atoms with Crippen molar-refractivity contribution in [2.45, 2.75) is 44.0 Å². The summed E-state index contributed by atoms with van der Waals surface area (Å²) in [7, 11) is 1.63. The van der Waals surface area contributed by atoms with Crippen LogP contribution in [-0.2, 0) is 9.47 Å². The molecule has 0 radical (unpaired) electrons. The van der Waals surface area contributed by atoms with Crippen LogP contribution in [-0.4, -0.2) is 38.1 Å². The summed E-state index contributed by atoms with van der Waals surface area (Å²) in [4.78, 5) is 4.37. The van der Waals surface area contributed by atoms with Gasteiger partial charge in [0.2, 0.25) is 0 Å². The number of ether oxygens (including phenoxy) is 3. The second-order valence-corrected chi connectivity index (χ2v) is 6.11. The standard InChI is InChI=1S/C17H25N3O3/c1-21-14-7-5-6-13(10-14)20-16(18)19-11-15-12-22-17(23-15)8-3-2-4-9-17/h5-7,10,15H,2-4,8-9,11-12H2,1H3,(H3,18,19,20). The molecule has 1 aliphatic heterocycles. The van der Waals surface area contributed by atoms with Crippen molar-refractivity contribution in [1.29, 1.82) is 0 Å². The van der Waals surface area contributed by atoms with E-state index in [-0.39, 0.29) is 11.9 Å². The third-order valence-electron chi connectivity index (χ3n) is 4.34. The zero-order valence-corrected chi connectivity index (χ0v) is 13.6. The Kier molecular flexibility index (Phi) is 5.03. The van der Waals surface area contributed by atoms with Crippen molar-refractivity contribution in [1.82, 2.24) is 0 Å². The highest BCUT2D eigenvalue weighted by atomic mass is 16.7. The largest absolute Gasteiger partial charge is 0.497 e. The van der Waals surface area contributed by atoms with Gasteiger partial charge in [0.05, 0.1) is 20.3 Å². The molecule has 1 saturated carbocycles. The first-order valence-corrected chi connectivity index (χ1v) is 8.22. The van der Waals surface area contributed by atoms with Crippen molar-refractivity contribution < 1.29 is 14.2 Å². The van der Waals surface area contributed by atoms with Crippen LogP contribution in [0, 0.1) is 0 Å².